The van der Waals surface area contributed by atoms with Gasteiger partial charge in [-0.1, -0.05) is 37.3 Å². The molecule has 1 rings (SSSR count). The van der Waals surface area contributed by atoms with E-state index in [-0.39, 0.29) is 12.0 Å². The first-order chi connectivity index (χ1) is 12.9. The number of nitrogens with zero attached hydrogens (tertiary/aromatic N) is 4. The van der Waals surface area contributed by atoms with Gasteiger partial charge in [-0.25, -0.2) is 15.0 Å². The maximum atomic E-state index is 12.9. The van der Waals surface area contributed by atoms with Gasteiger partial charge in [-0.05, 0) is 46.4 Å². The summed E-state index contributed by atoms with van der Waals surface area (Å²) in [6.45, 7) is 14.4. The van der Waals surface area contributed by atoms with Crippen LogP contribution in [-0.4, -0.2) is 47.9 Å². The Morgan fingerprint density at radius 3 is 2.46 bits per heavy atom. The molecule has 0 aliphatic carbocycles. The van der Waals surface area contributed by atoms with E-state index in [0.717, 1.165) is 24.5 Å². The summed E-state index contributed by atoms with van der Waals surface area (Å²) in [6.07, 6.45) is 4.39. The molecule has 1 aliphatic rings. The first kappa shape index (κ1) is 23.9. The normalized spacial score (nSPS) is 21.0. The molecule has 1 aliphatic heterocycles. The maximum Gasteiger partial charge on any atom is 0.416 e. The van der Waals surface area contributed by atoms with E-state index in [1.807, 2.05) is 7.05 Å². The SMILES string of the molecule is C=NC(C/C=C/C=C(\C=C/C)C(F)(F)F)=NC1=CC(C)CN(C)N1C(C)(C)C. The molecule has 1 heterocycles. The minimum atomic E-state index is -4.38. The summed E-state index contributed by atoms with van der Waals surface area (Å²) in [4.78, 5) is 8.59. The van der Waals surface area contributed by atoms with Gasteiger partial charge in [-0.2, -0.15) is 13.2 Å². The molecule has 0 saturated carbocycles. The zero-order valence-electron chi connectivity index (χ0n) is 17.6. The van der Waals surface area contributed by atoms with Crippen LogP contribution in [0.2, 0.25) is 0 Å². The van der Waals surface area contributed by atoms with Crippen molar-refractivity contribution in [3.8, 4) is 0 Å². The van der Waals surface area contributed by atoms with Crippen LogP contribution in [0.4, 0.5) is 13.2 Å². The highest BCUT2D eigenvalue weighted by atomic mass is 19.4. The summed E-state index contributed by atoms with van der Waals surface area (Å²) in [5, 5.41) is 4.21. The highest BCUT2D eigenvalue weighted by molar-refractivity contribution is 5.88. The van der Waals surface area contributed by atoms with Gasteiger partial charge in [0.15, 0.2) is 0 Å². The quantitative estimate of drug-likeness (QED) is 0.347. The number of rotatable bonds is 5. The Hall–Kier alpha value is -2.15. The summed E-state index contributed by atoms with van der Waals surface area (Å²) >= 11 is 0. The smallest absolute Gasteiger partial charge is 0.285 e. The van der Waals surface area contributed by atoms with Gasteiger partial charge in [0.05, 0.1) is 5.57 Å². The molecular weight excluding hydrogens is 365 g/mol. The molecule has 0 aromatic carbocycles. The van der Waals surface area contributed by atoms with Gasteiger partial charge in [0.2, 0.25) is 0 Å². The van der Waals surface area contributed by atoms with Crippen LogP contribution >= 0.6 is 0 Å². The molecule has 4 nitrogen and oxygen atoms in total. The third kappa shape index (κ3) is 7.11. The summed E-state index contributed by atoms with van der Waals surface area (Å²) in [7, 11) is 2.01. The van der Waals surface area contributed by atoms with Crippen LogP contribution in [0.15, 0.2) is 57.8 Å². The van der Waals surface area contributed by atoms with Crippen LogP contribution in [0.3, 0.4) is 0 Å². The summed E-state index contributed by atoms with van der Waals surface area (Å²) < 4.78 is 38.6. The van der Waals surface area contributed by atoms with Crippen molar-refractivity contribution in [2.24, 2.45) is 15.9 Å². The van der Waals surface area contributed by atoms with E-state index in [9.17, 15) is 13.2 Å². The average Bonchev–Trinajstić information content (AvgIpc) is 2.53. The summed E-state index contributed by atoms with van der Waals surface area (Å²) in [5.74, 6) is 1.54. The Labute approximate surface area is 166 Å². The zero-order chi connectivity index (χ0) is 21.5. The van der Waals surface area contributed by atoms with E-state index in [1.165, 1.54) is 12.2 Å². The Kier molecular flexibility index (Phi) is 8.42. The fourth-order valence-electron chi connectivity index (χ4n) is 3.04. The predicted octanol–water partition coefficient (Wildman–Crippen LogP) is 5.54. The number of aliphatic imine (C=N–C) groups is 2. The molecule has 0 aromatic rings. The fourth-order valence-corrected chi connectivity index (χ4v) is 3.04. The second kappa shape index (κ2) is 9.87. The second-order valence-corrected chi connectivity index (χ2v) is 7.76. The molecule has 0 amide bonds. The number of amidine groups is 1. The first-order valence-corrected chi connectivity index (χ1v) is 9.24. The van der Waals surface area contributed by atoms with E-state index in [4.69, 9.17) is 0 Å². The largest absolute Gasteiger partial charge is 0.416 e. The Morgan fingerprint density at radius 1 is 1.32 bits per heavy atom. The fraction of sp³-hybridized carbons (Fsp3) is 0.524. The first-order valence-electron chi connectivity index (χ1n) is 9.24. The lowest BCUT2D eigenvalue weighted by Gasteiger charge is -2.46. The van der Waals surface area contributed by atoms with Gasteiger partial charge in [0.1, 0.15) is 11.7 Å². The molecule has 7 heteroatoms. The molecule has 0 bridgehead atoms. The van der Waals surface area contributed by atoms with Crippen LogP contribution in [0.1, 0.15) is 41.0 Å². The summed E-state index contributed by atoms with van der Waals surface area (Å²) in [5.41, 5.74) is -0.885. The van der Waals surface area contributed by atoms with Crippen molar-refractivity contribution < 1.29 is 13.2 Å². The second-order valence-electron chi connectivity index (χ2n) is 7.76. The van der Waals surface area contributed by atoms with Gasteiger partial charge < -0.3 is 0 Å². The lowest BCUT2D eigenvalue weighted by Crippen LogP contribution is -2.53. The van der Waals surface area contributed by atoms with E-state index in [2.05, 4.69) is 60.5 Å². The Bertz CT molecular complexity index is 691. The molecule has 0 N–H and O–H groups in total. The van der Waals surface area contributed by atoms with Crippen LogP contribution < -0.4 is 0 Å². The molecule has 0 spiro atoms. The minimum Gasteiger partial charge on any atom is -0.285 e. The number of alkyl halides is 3. The van der Waals surface area contributed by atoms with Gasteiger partial charge >= 0.3 is 6.18 Å². The van der Waals surface area contributed by atoms with Crippen molar-refractivity contribution in [3.63, 3.8) is 0 Å². The molecule has 0 saturated heterocycles. The molecule has 1 unspecified atom stereocenters. The lowest BCUT2D eigenvalue weighted by molar-refractivity contribution is -0.0881. The topological polar surface area (TPSA) is 31.2 Å². The molecule has 0 fully saturated rings. The minimum absolute atomic E-state index is 0.177. The molecule has 156 valence electrons. The third-order valence-corrected chi connectivity index (χ3v) is 3.99. The van der Waals surface area contributed by atoms with Gasteiger partial charge in [0, 0.05) is 25.6 Å². The highest BCUT2D eigenvalue weighted by Gasteiger charge is 2.32. The van der Waals surface area contributed by atoms with Crippen LogP contribution in [-0.2, 0) is 0 Å². The van der Waals surface area contributed by atoms with Gasteiger partial charge in [0.25, 0.3) is 0 Å². The Morgan fingerprint density at radius 2 is 1.96 bits per heavy atom. The standard InChI is InChI=1S/C21H31F3N4/c1-8-11-17(21(22,23)24)12-9-10-13-18(25-6)26-19-14-16(2)15-27(7)28(19)20(3,4)5/h8-12,14,16H,6,13,15H2,1-5,7H3/b10-9+,11-8-,17-12+,26-18?. The van der Waals surface area contributed by atoms with E-state index >= 15 is 0 Å². The number of hydrazine groups is 1. The monoisotopic (exact) mass is 396 g/mol. The van der Waals surface area contributed by atoms with Crippen molar-refractivity contribution in [1.82, 2.24) is 10.0 Å². The van der Waals surface area contributed by atoms with E-state index < -0.39 is 11.7 Å². The molecule has 0 aromatic heterocycles. The predicted molar refractivity (Wildman–Crippen MR) is 111 cm³/mol. The van der Waals surface area contributed by atoms with Crippen LogP contribution in [0.25, 0.3) is 0 Å². The number of hydrogen-bond acceptors (Lipinski definition) is 3. The zero-order valence-corrected chi connectivity index (χ0v) is 17.6. The highest BCUT2D eigenvalue weighted by Crippen LogP contribution is 2.29. The van der Waals surface area contributed by atoms with Crippen molar-refractivity contribution in [2.45, 2.75) is 52.8 Å². The van der Waals surface area contributed by atoms with Crippen LogP contribution in [0, 0.1) is 5.92 Å². The molecular formula is C21H31F3N4. The number of hydrogen-bond donors (Lipinski definition) is 0. The number of halogens is 3. The van der Waals surface area contributed by atoms with Crippen molar-refractivity contribution >= 4 is 12.6 Å². The summed E-state index contributed by atoms with van der Waals surface area (Å²) in [6, 6.07) is 0. The number of allylic oxidation sites excluding steroid dienone is 5. The molecule has 28 heavy (non-hydrogen) atoms. The van der Waals surface area contributed by atoms with Gasteiger partial charge in [-0.15, -0.1) is 0 Å². The molecule has 0 radical (unpaired) electrons. The van der Waals surface area contributed by atoms with E-state index in [0.29, 0.717) is 11.8 Å². The van der Waals surface area contributed by atoms with Crippen molar-refractivity contribution in [2.75, 3.05) is 13.6 Å². The molecule has 1 atom stereocenters. The van der Waals surface area contributed by atoms with Crippen molar-refractivity contribution in [1.29, 1.82) is 0 Å². The Balaban J connectivity index is 3.06. The lowest BCUT2D eigenvalue weighted by atomic mass is 10.0. The van der Waals surface area contributed by atoms with Gasteiger partial charge in [-0.3, -0.25) is 5.01 Å². The average molecular weight is 397 g/mol. The maximum absolute atomic E-state index is 12.9. The van der Waals surface area contributed by atoms with E-state index in [1.54, 1.807) is 13.0 Å². The van der Waals surface area contributed by atoms with Crippen LogP contribution in [0.5, 0.6) is 0 Å². The third-order valence-electron chi connectivity index (χ3n) is 3.99. The van der Waals surface area contributed by atoms with Crippen molar-refractivity contribution in [3.05, 3.63) is 47.9 Å².